The van der Waals surface area contributed by atoms with Gasteiger partial charge >= 0.3 is 0 Å². The van der Waals surface area contributed by atoms with E-state index in [-0.39, 0.29) is 0 Å². The number of rotatable bonds is 6. The summed E-state index contributed by atoms with van der Waals surface area (Å²) < 4.78 is 32.0. The molecule has 1 atom stereocenters. The van der Waals surface area contributed by atoms with E-state index < -0.39 is 10.0 Å². The number of nitrogens with zero attached hydrogens (tertiary/aromatic N) is 1. The van der Waals surface area contributed by atoms with E-state index in [0.29, 0.717) is 36.4 Å². The highest BCUT2D eigenvalue weighted by atomic mass is 32.2. The van der Waals surface area contributed by atoms with Crippen molar-refractivity contribution in [1.82, 2.24) is 4.31 Å². The van der Waals surface area contributed by atoms with Crippen molar-refractivity contribution < 1.29 is 13.2 Å². The Morgan fingerprint density at radius 2 is 2.32 bits per heavy atom. The normalized spacial score (nSPS) is 21.1. The lowest BCUT2D eigenvalue weighted by molar-refractivity contribution is 0.157. The number of sulfonamides is 1. The fraction of sp³-hybridized carbons (Fsp3) is 0.667. The van der Waals surface area contributed by atoms with E-state index in [9.17, 15) is 8.42 Å². The molecule has 1 fully saturated rings. The van der Waals surface area contributed by atoms with Crippen molar-refractivity contribution >= 4 is 21.4 Å². The zero-order valence-corrected chi connectivity index (χ0v) is 12.7. The molecule has 1 aromatic heterocycles. The molecule has 2 heterocycles. The van der Waals surface area contributed by atoms with Crippen molar-refractivity contribution in [3.63, 3.8) is 0 Å². The molecule has 0 saturated carbocycles. The minimum absolute atomic E-state index is 0.309. The third kappa shape index (κ3) is 3.35. The Hall–Kier alpha value is -0.470. The zero-order valence-electron chi connectivity index (χ0n) is 11.0. The zero-order chi connectivity index (χ0) is 13.9. The number of ether oxygens (including phenoxy) is 1. The molecule has 1 aliphatic rings. The molecule has 1 aromatic rings. The first kappa shape index (κ1) is 14.9. The van der Waals surface area contributed by atoms with E-state index in [0.717, 1.165) is 17.7 Å². The van der Waals surface area contributed by atoms with E-state index in [1.807, 2.05) is 6.07 Å². The summed E-state index contributed by atoms with van der Waals surface area (Å²) in [6.45, 7) is 2.30. The fourth-order valence-electron chi connectivity index (χ4n) is 2.29. The van der Waals surface area contributed by atoms with E-state index in [2.05, 4.69) is 0 Å². The number of hydrogen-bond acceptors (Lipinski definition) is 5. The molecular weight excluding hydrogens is 284 g/mol. The predicted molar refractivity (Wildman–Crippen MR) is 75.8 cm³/mol. The average Bonchev–Trinajstić information content (AvgIpc) is 2.99. The highest BCUT2D eigenvalue weighted by Crippen LogP contribution is 2.29. The van der Waals surface area contributed by atoms with Crippen LogP contribution in [0.3, 0.4) is 0 Å². The maximum absolute atomic E-state index is 12.5. The molecule has 0 spiro atoms. The third-order valence-corrected chi connectivity index (χ3v) is 6.75. The van der Waals surface area contributed by atoms with Gasteiger partial charge in [0, 0.05) is 25.1 Å². The molecular formula is C12H20N2O3S2. The third-order valence-electron chi connectivity index (χ3n) is 3.27. The number of thiophene rings is 1. The summed E-state index contributed by atoms with van der Waals surface area (Å²) in [5, 5.41) is 0. The lowest BCUT2D eigenvalue weighted by Gasteiger charge is -2.15. The van der Waals surface area contributed by atoms with Crippen molar-refractivity contribution in [3.8, 4) is 0 Å². The van der Waals surface area contributed by atoms with Crippen LogP contribution in [0.25, 0.3) is 0 Å². The Morgan fingerprint density at radius 3 is 3.00 bits per heavy atom. The van der Waals surface area contributed by atoms with E-state index in [1.54, 1.807) is 17.5 Å². The minimum atomic E-state index is -3.33. The van der Waals surface area contributed by atoms with Crippen LogP contribution in [0.1, 0.15) is 11.3 Å². The Bertz CT molecular complexity index is 513. The van der Waals surface area contributed by atoms with Gasteiger partial charge in [0.2, 0.25) is 0 Å². The van der Waals surface area contributed by atoms with Crippen molar-refractivity contribution in [2.45, 2.75) is 17.1 Å². The molecule has 0 amide bonds. The van der Waals surface area contributed by atoms with Crippen LogP contribution in [-0.2, 0) is 21.2 Å². The van der Waals surface area contributed by atoms with Gasteiger partial charge in [-0.25, -0.2) is 8.42 Å². The predicted octanol–water partition coefficient (Wildman–Crippen LogP) is 0.906. The molecule has 1 unspecified atom stereocenters. The van der Waals surface area contributed by atoms with Crippen LogP contribution in [0.2, 0.25) is 0 Å². The molecule has 0 radical (unpaired) electrons. The smallest absolute Gasteiger partial charge is 0.252 e. The van der Waals surface area contributed by atoms with Crippen molar-refractivity contribution in [2.24, 2.45) is 11.7 Å². The standard InChI is InChI=1S/C12H20N2O3S2/c1-17-9-10-5-7-14(8-10)19(15,16)12-3-2-11(18-12)4-6-13/h2-3,10H,4-9,13H2,1H3. The molecule has 0 aromatic carbocycles. The Kier molecular flexibility index (Phi) is 4.97. The van der Waals surface area contributed by atoms with E-state index >= 15 is 0 Å². The molecule has 2 N–H and O–H groups in total. The summed E-state index contributed by atoms with van der Waals surface area (Å²) >= 11 is 1.32. The molecule has 7 heteroatoms. The van der Waals surface area contributed by atoms with Gasteiger partial charge < -0.3 is 10.5 Å². The van der Waals surface area contributed by atoms with Gasteiger partial charge in [-0.15, -0.1) is 11.3 Å². The number of methoxy groups -OCH3 is 1. The summed E-state index contributed by atoms with van der Waals surface area (Å²) in [6, 6.07) is 3.54. The molecule has 1 saturated heterocycles. The number of hydrogen-bond donors (Lipinski definition) is 1. The van der Waals surface area contributed by atoms with Gasteiger partial charge in [-0.3, -0.25) is 0 Å². The first-order chi connectivity index (χ1) is 9.07. The average molecular weight is 304 g/mol. The molecule has 19 heavy (non-hydrogen) atoms. The molecule has 0 aliphatic carbocycles. The highest BCUT2D eigenvalue weighted by Gasteiger charge is 2.33. The van der Waals surface area contributed by atoms with Crippen LogP contribution >= 0.6 is 11.3 Å². The van der Waals surface area contributed by atoms with Gasteiger partial charge in [-0.1, -0.05) is 0 Å². The van der Waals surface area contributed by atoms with Gasteiger partial charge in [0.1, 0.15) is 4.21 Å². The van der Waals surface area contributed by atoms with Crippen LogP contribution in [0.5, 0.6) is 0 Å². The summed E-state index contributed by atoms with van der Waals surface area (Å²) in [5.41, 5.74) is 5.49. The first-order valence-electron chi connectivity index (χ1n) is 6.35. The maximum atomic E-state index is 12.5. The first-order valence-corrected chi connectivity index (χ1v) is 8.61. The van der Waals surface area contributed by atoms with Crippen molar-refractivity contribution in [2.75, 3.05) is 33.4 Å². The van der Waals surface area contributed by atoms with E-state index in [1.165, 1.54) is 11.3 Å². The van der Waals surface area contributed by atoms with Crippen molar-refractivity contribution in [1.29, 1.82) is 0 Å². The van der Waals surface area contributed by atoms with Crippen molar-refractivity contribution in [3.05, 3.63) is 17.0 Å². The quantitative estimate of drug-likeness (QED) is 0.848. The second kappa shape index (κ2) is 6.32. The minimum Gasteiger partial charge on any atom is -0.384 e. The van der Waals surface area contributed by atoms with Crippen LogP contribution in [0.15, 0.2) is 16.3 Å². The SMILES string of the molecule is COCC1CCN(S(=O)(=O)c2ccc(CCN)s2)C1. The maximum Gasteiger partial charge on any atom is 0.252 e. The Labute approximate surface area is 118 Å². The lowest BCUT2D eigenvalue weighted by Crippen LogP contribution is -2.28. The van der Waals surface area contributed by atoms with Crippen LogP contribution < -0.4 is 5.73 Å². The Balaban J connectivity index is 2.09. The molecule has 5 nitrogen and oxygen atoms in total. The monoisotopic (exact) mass is 304 g/mol. The van der Waals surface area contributed by atoms with Crippen LogP contribution in [0, 0.1) is 5.92 Å². The molecule has 0 bridgehead atoms. The summed E-state index contributed by atoms with van der Waals surface area (Å²) in [6.07, 6.45) is 1.60. The van der Waals surface area contributed by atoms with Gasteiger partial charge in [-0.2, -0.15) is 4.31 Å². The topological polar surface area (TPSA) is 72.6 Å². The van der Waals surface area contributed by atoms with Gasteiger partial charge in [0.05, 0.1) is 6.61 Å². The summed E-state index contributed by atoms with van der Waals surface area (Å²) in [4.78, 5) is 1.02. The second-order valence-electron chi connectivity index (χ2n) is 4.73. The molecule has 1 aliphatic heterocycles. The fourth-order valence-corrected chi connectivity index (χ4v) is 5.34. The molecule has 108 valence electrons. The second-order valence-corrected chi connectivity index (χ2v) is 8.07. The lowest BCUT2D eigenvalue weighted by atomic mass is 10.1. The van der Waals surface area contributed by atoms with Crippen LogP contribution in [0.4, 0.5) is 0 Å². The van der Waals surface area contributed by atoms with E-state index in [4.69, 9.17) is 10.5 Å². The Morgan fingerprint density at radius 1 is 1.53 bits per heavy atom. The summed E-state index contributed by atoms with van der Waals surface area (Å²) in [7, 11) is -1.68. The van der Waals surface area contributed by atoms with Gasteiger partial charge in [0.15, 0.2) is 0 Å². The highest BCUT2D eigenvalue weighted by molar-refractivity contribution is 7.91. The number of nitrogens with two attached hydrogens (primary N) is 1. The van der Waals surface area contributed by atoms with Gasteiger partial charge in [-0.05, 0) is 37.4 Å². The largest absolute Gasteiger partial charge is 0.384 e. The summed E-state index contributed by atoms with van der Waals surface area (Å²) in [5.74, 6) is 0.309. The van der Waals surface area contributed by atoms with Crippen LogP contribution in [-0.4, -0.2) is 46.1 Å². The van der Waals surface area contributed by atoms with Gasteiger partial charge in [0.25, 0.3) is 10.0 Å². The molecule has 2 rings (SSSR count).